The van der Waals surface area contributed by atoms with Gasteiger partial charge in [-0.1, -0.05) is 80.6 Å². The van der Waals surface area contributed by atoms with Gasteiger partial charge in [0.25, 0.3) is 0 Å². The monoisotopic (exact) mass is 1330 g/mol. The highest BCUT2D eigenvalue weighted by atomic mass is 32.2. The lowest BCUT2D eigenvalue weighted by molar-refractivity contribution is -0.115. The number of benzene rings is 9. The second-order valence-corrected chi connectivity index (χ2v) is 21.0. The number of Topliss-reactive ketones (excluding diaryl/α,β-unsaturated/α-hetero) is 1. The van der Waals surface area contributed by atoms with E-state index in [4.69, 9.17) is 67.7 Å². The number of ketones is 1. The fourth-order valence-electron chi connectivity index (χ4n) is 6.74. The van der Waals surface area contributed by atoms with Crippen molar-refractivity contribution < 1.29 is 51.2 Å². The maximum Gasteiger partial charge on any atom is 0.411 e. The van der Waals surface area contributed by atoms with Crippen molar-refractivity contribution in [2.75, 3.05) is 88.0 Å². The number of nitrogens with two attached hydrogens (primary N) is 10. The lowest BCUT2D eigenvalue weighted by atomic mass is 10.1. The van der Waals surface area contributed by atoms with Crippen LogP contribution in [-0.4, -0.2) is 69.6 Å². The Balaban J connectivity index is 0.000000541. The number of carbonyl (C=O) groups is 6. The van der Waals surface area contributed by atoms with Gasteiger partial charge in [-0.05, 0) is 165 Å². The molecule has 0 atom stereocenters. The Bertz CT molecular complexity index is 3820. The number of nitrogens with zero attached hydrogens (tertiary/aromatic N) is 1. The molecule has 0 aliphatic heterocycles. The summed E-state index contributed by atoms with van der Waals surface area (Å²) in [6.45, 7) is 5.45. The van der Waals surface area contributed by atoms with Crippen LogP contribution in [0.1, 0.15) is 69.4 Å². The van der Waals surface area contributed by atoms with Crippen molar-refractivity contribution in [3.63, 3.8) is 0 Å². The molecule has 9 aromatic rings. The Morgan fingerprint density at radius 3 is 1.19 bits per heavy atom. The predicted octanol–water partition coefficient (Wildman–Crippen LogP) is 10.5. The number of aromatic carboxylic acids is 1. The molecule has 0 saturated heterocycles. The van der Waals surface area contributed by atoms with Crippen LogP contribution in [0, 0.1) is 11.3 Å². The van der Waals surface area contributed by atoms with Crippen LogP contribution in [0.2, 0.25) is 0 Å². The van der Waals surface area contributed by atoms with Gasteiger partial charge in [0.15, 0.2) is 5.78 Å². The second kappa shape index (κ2) is 44.5. The minimum atomic E-state index is -3.45. The number of hydrogen-bond donors (Lipinski definition) is 15. The molecule has 5 amide bonds. The van der Waals surface area contributed by atoms with E-state index in [0.29, 0.717) is 80.0 Å². The first-order valence-electron chi connectivity index (χ1n) is 28.5. The van der Waals surface area contributed by atoms with E-state index in [1.807, 2.05) is 37.3 Å². The summed E-state index contributed by atoms with van der Waals surface area (Å²) in [6.07, 6.45) is 2.02. The number of anilines is 12. The first kappa shape index (κ1) is 81.1. The first-order valence-corrected chi connectivity index (χ1v) is 30.4. The second-order valence-electron chi connectivity index (χ2n) is 19.4. The number of methoxy groups -OCH3 is 1. The van der Waals surface area contributed by atoms with Gasteiger partial charge in [-0.15, -0.1) is 0 Å². The SMILES string of the molecule is CC(=O)c1cccc(N)c1.CCC(=O)Nc1cccc(N)c1.CCc1cccc(N)c1.CNC(=O)Nc1cccc(N)c1.COC(=O)Nc1cccc(N)c1.CS(=O)(=O)Oc1cccc(N)c1.N#Cc1cccc(N)c1.NC(=O)c1cccc(N)c1.Nc1cccc(C(=O)O)c1. The molecule has 0 spiro atoms. The van der Waals surface area contributed by atoms with Crippen LogP contribution in [0.3, 0.4) is 0 Å². The molecule has 27 heteroatoms. The van der Waals surface area contributed by atoms with Gasteiger partial charge >= 0.3 is 28.2 Å². The summed E-state index contributed by atoms with van der Waals surface area (Å²) in [4.78, 5) is 64.0. The van der Waals surface area contributed by atoms with Crippen LogP contribution in [0.25, 0.3) is 0 Å². The van der Waals surface area contributed by atoms with E-state index in [0.717, 1.165) is 24.1 Å². The lowest BCUT2D eigenvalue weighted by Crippen LogP contribution is -2.24. The molecule has 9 rings (SSSR count). The standard InChI is InChI=1S/C9H12N2O.C8H11N3O.C8H10N2O2.C8H9NO.C8H11N.C7H8N2O.C7H6N2.C7H9NO3S.C7H7NO2/c1-2-9(12)11-8-5-3-4-7(10)6-8;1-10-8(12)11-7-4-2-3-6(9)5-7;1-12-8(11)10-7-4-2-3-6(9)5-7;1-6(10)7-3-2-4-8(9)5-7;1-2-7-4-3-5-8(9)6-7;8-6-3-1-2-5(4-6)7(9)10;8-5-6-2-1-3-7(9)4-6;1-12(9,10)11-7-4-2-3-6(8)5-7;8-6-3-1-2-5(4-6)7(9)10/h3-6H,2,10H2,1H3,(H,11,12);2-5H,9H2,1H3,(H2,10,11,12);2-5H,9H2,1H3,(H,10,11);2-5H,9H2,1H3;3-6H,2,9H2,1H3;1-4H,8H2,(H2,9,10);1-4H,9H2;2-5H,8H2,1H3;1-4H,8H2,(H,9,10). The molecule has 0 radical (unpaired) electrons. The normalized spacial score (nSPS) is 9.39. The molecule has 96 heavy (non-hydrogen) atoms. The molecule has 0 aromatic heterocycles. The Morgan fingerprint density at radius 2 is 0.865 bits per heavy atom. The Morgan fingerprint density at radius 1 is 0.490 bits per heavy atom. The molecular weight excluding hydrogens is 1250 g/mol. The number of amides is 5. The zero-order valence-corrected chi connectivity index (χ0v) is 54.7. The lowest BCUT2D eigenvalue weighted by Gasteiger charge is -2.03. The first-order chi connectivity index (χ1) is 45.4. The zero-order chi connectivity index (χ0) is 72.2. The maximum atomic E-state index is 10.9. The zero-order valence-electron chi connectivity index (χ0n) is 53.9. The van der Waals surface area contributed by atoms with Crippen molar-refractivity contribution in [1.29, 1.82) is 5.26 Å². The van der Waals surface area contributed by atoms with Crippen molar-refractivity contribution in [2.24, 2.45) is 5.73 Å². The number of nitrogens with one attached hydrogen (secondary N) is 4. The van der Waals surface area contributed by atoms with E-state index in [9.17, 15) is 37.2 Å². The minimum Gasteiger partial charge on any atom is -0.478 e. The molecule has 506 valence electrons. The van der Waals surface area contributed by atoms with Crippen molar-refractivity contribution >= 4 is 114 Å². The van der Waals surface area contributed by atoms with E-state index >= 15 is 0 Å². The fourth-order valence-corrected chi connectivity index (χ4v) is 7.20. The highest BCUT2D eigenvalue weighted by molar-refractivity contribution is 7.86. The van der Waals surface area contributed by atoms with Crippen LogP contribution in [0.15, 0.2) is 218 Å². The number of urea groups is 1. The minimum absolute atomic E-state index is 0.000556. The summed E-state index contributed by atoms with van der Waals surface area (Å²) in [5, 5.41) is 27.1. The van der Waals surface area contributed by atoms with Gasteiger partial charge < -0.3 is 87.3 Å². The molecule has 26 nitrogen and oxygen atoms in total. The number of nitriles is 1. The molecule has 25 N–H and O–H groups in total. The van der Waals surface area contributed by atoms with E-state index in [1.165, 1.54) is 43.9 Å². The van der Waals surface area contributed by atoms with Gasteiger partial charge in [-0.25, -0.2) is 14.4 Å². The van der Waals surface area contributed by atoms with E-state index in [-0.39, 0.29) is 29.0 Å². The van der Waals surface area contributed by atoms with Crippen LogP contribution in [0.5, 0.6) is 5.75 Å². The van der Waals surface area contributed by atoms with Crippen molar-refractivity contribution in [1.82, 2.24) is 5.32 Å². The average molecular weight is 1330 g/mol. The smallest absolute Gasteiger partial charge is 0.411 e. The number of primary amides is 1. The maximum absolute atomic E-state index is 10.9. The largest absolute Gasteiger partial charge is 0.478 e. The highest BCUT2D eigenvalue weighted by Crippen LogP contribution is 2.17. The molecule has 9 aromatic carbocycles. The van der Waals surface area contributed by atoms with E-state index < -0.39 is 28.1 Å². The summed E-state index contributed by atoms with van der Waals surface area (Å²) in [5.74, 6) is -1.12. The van der Waals surface area contributed by atoms with Crippen molar-refractivity contribution in [3.05, 3.63) is 246 Å². The Hall–Kier alpha value is -13.0. The van der Waals surface area contributed by atoms with Gasteiger partial charge in [0.2, 0.25) is 11.8 Å². The Kier molecular flexibility index (Phi) is 37.6. The molecule has 0 saturated carbocycles. The number of rotatable bonds is 10. The number of hydrogen-bond acceptors (Lipinski definition) is 20. The molecule has 0 unspecified atom stereocenters. The van der Waals surface area contributed by atoms with Gasteiger partial charge in [0, 0.05) is 98.9 Å². The van der Waals surface area contributed by atoms with Gasteiger partial charge in [-0.3, -0.25) is 19.7 Å². The molecule has 0 bridgehead atoms. The summed E-state index contributed by atoms with van der Waals surface area (Å²) < 4.78 is 30.3. The number of aryl methyl sites for hydroxylation is 1. The van der Waals surface area contributed by atoms with Gasteiger partial charge in [0.05, 0.1) is 30.6 Å². The molecule has 0 heterocycles. The topological polar surface area (TPSA) is 507 Å². The van der Waals surface area contributed by atoms with Crippen molar-refractivity contribution in [3.8, 4) is 11.8 Å². The third-order valence-electron chi connectivity index (χ3n) is 11.3. The van der Waals surface area contributed by atoms with Crippen LogP contribution in [-0.2, 0) is 26.1 Å². The van der Waals surface area contributed by atoms with Crippen LogP contribution < -0.4 is 82.8 Å². The number of ether oxygens (including phenoxy) is 1. The predicted molar refractivity (Wildman–Crippen MR) is 386 cm³/mol. The third kappa shape index (κ3) is 38.6. The highest BCUT2D eigenvalue weighted by Gasteiger charge is 2.05. The number of carbonyl (C=O) groups excluding carboxylic acids is 5. The summed E-state index contributed by atoms with van der Waals surface area (Å²) >= 11 is 0. The molecule has 0 aliphatic rings. The average Bonchev–Trinajstić information content (AvgIpc) is 1.84. The number of nitrogen functional groups attached to an aromatic ring is 9. The summed E-state index contributed by atoms with van der Waals surface area (Å²) in [5.41, 5.74) is 64.8. The van der Waals surface area contributed by atoms with E-state index in [1.54, 1.807) is 171 Å². The Labute approximate surface area is 558 Å². The molecular formula is C69H83N15O11S. The van der Waals surface area contributed by atoms with Gasteiger partial charge in [-0.2, -0.15) is 13.7 Å². The molecule has 0 aliphatic carbocycles. The third-order valence-corrected chi connectivity index (χ3v) is 11.8. The quantitative estimate of drug-likeness (QED) is 0.0343. The van der Waals surface area contributed by atoms with Crippen LogP contribution >= 0.6 is 0 Å². The molecule has 0 fully saturated rings. The number of carboxylic acids is 1. The van der Waals surface area contributed by atoms with Crippen LogP contribution in [0.4, 0.5) is 77.8 Å². The summed E-state index contributed by atoms with van der Waals surface area (Å²) in [6, 6.07) is 63.5. The van der Waals surface area contributed by atoms with Crippen molar-refractivity contribution in [2.45, 2.75) is 33.6 Å². The van der Waals surface area contributed by atoms with Gasteiger partial charge in [0.1, 0.15) is 5.75 Å². The fraction of sp³-hybridized carbons (Fsp3) is 0.116. The number of carboxylic acid groups (broad SMARTS) is 1. The summed E-state index contributed by atoms with van der Waals surface area (Å²) in [7, 11) is -0.585. The van der Waals surface area contributed by atoms with E-state index in [2.05, 4.69) is 43.2 Å².